The minimum atomic E-state index is 0. The molecule has 1 aliphatic heterocycles. The molecular weight excluding hydrogens is 391 g/mol. The lowest BCUT2D eigenvalue weighted by Gasteiger charge is -2.32. The van der Waals surface area contributed by atoms with Crippen LogP contribution in [0.4, 0.5) is 0 Å². The molecular formula is C16H35IN4O. The molecule has 132 valence electrons. The third-order valence-corrected chi connectivity index (χ3v) is 4.01. The number of ether oxygens (including phenoxy) is 1. The summed E-state index contributed by atoms with van der Waals surface area (Å²) in [6, 6.07) is 0.567. The maximum atomic E-state index is 5.06. The number of nitrogens with one attached hydrogen (secondary N) is 2. The van der Waals surface area contributed by atoms with E-state index >= 15 is 0 Å². The Hall–Kier alpha value is -0.0800. The first-order valence-electron chi connectivity index (χ1n) is 8.48. The van der Waals surface area contributed by atoms with Crippen LogP contribution in [-0.4, -0.2) is 63.8 Å². The molecule has 0 saturated carbocycles. The zero-order valence-corrected chi connectivity index (χ0v) is 16.9. The fourth-order valence-electron chi connectivity index (χ4n) is 2.76. The predicted octanol–water partition coefficient (Wildman–Crippen LogP) is 2.46. The topological polar surface area (TPSA) is 48.9 Å². The Kier molecular flexibility index (Phi) is 14.5. The Morgan fingerprint density at radius 1 is 1.23 bits per heavy atom. The molecule has 5 nitrogen and oxygen atoms in total. The van der Waals surface area contributed by atoms with Crippen molar-refractivity contribution in [3.05, 3.63) is 0 Å². The summed E-state index contributed by atoms with van der Waals surface area (Å²) in [5.41, 5.74) is 0. The van der Waals surface area contributed by atoms with E-state index in [-0.39, 0.29) is 24.0 Å². The van der Waals surface area contributed by atoms with Crippen LogP contribution in [0, 0.1) is 0 Å². The van der Waals surface area contributed by atoms with Gasteiger partial charge in [0.05, 0.1) is 0 Å². The van der Waals surface area contributed by atoms with Gasteiger partial charge in [0.2, 0.25) is 0 Å². The largest absolute Gasteiger partial charge is 0.385 e. The normalized spacial score (nSPS) is 17.1. The molecule has 0 spiro atoms. The number of likely N-dealkylation sites (tertiary alicyclic amines) is 1. The number of piperidine rings is 1. The molecule has 0 radical (unpaired) electrons. The van der Waals surface area contributed by atoms with Gasteiger partial charge in [0, 0.05) is 46.4 Å². The minimum absolute atomic E-state index is 0. The molecule has 0 atom stereocenters. The maximum absolute atomic E-state index is 5.06. The summed E-state index contributed by atoms with van der Waals surface area (Å²) < 4.78 is 5.06. The van der Waals surface area contributed by atoms with Crippen LogP contribution in [-0.2, 0) is 4.74 Å². The average molecular weight is 426 g/mol. The van der Waals surface area contributed by atoms with Crippen LogP contribution in [0.5, 0.6) is 0 Å². The van der Waals surface area contributed by atoms with Gasteiger partial charge in [-0.25, -0.2) is 0 Å². The Morgan fingerprint density at radius 3 is 2.55 bits per heavy atom. The molecule has 1 rings (SSSR count). The highest BCUT2D eigenvalue weighted by Gasteiger charge is 2.18. The van der Waals surface area contributed by atoms with Gasteiger partial charge in [-0.05, 0) is 45.1 Å². The summed E-state index contributed by atoms with van der Waals surface area (Å²) in [5.74, 6) is 0.954. The highest BCUT2D eigenvalue weighted by Crippen LogP contribution is 2.10. The highest BCUT2D eigenvalue weighted by atomic mass is 127. The van der Waals surface area contributed by atoms with Gasteiger partial charge >= 0.3 is 0 Å². The van der Waals surface area contributed by atoms with Crippen LogP contribution in [0.25, 0.3) is 0 Å². The van der Waals surface area contributed by atoms with E-state index in [9.17, 15) is 0 Å². The van der Waals surface area contributed by atoms with Gasteiger partial charge in [0.25, 0.3) is 0 Å². The maximum Gasteiger partial charge on any atom is 0.191 e. The summed E-state index contributed by atoms with van der Waals surface area (Å²) in [6.07, 6.45) is 7.19. The highest BCUT2D eigenvalue weighted by molar-refractivity contribution is 14.0. The smallest absolute Gasteiger partial charge is 0.191 e. The summed E-state index contributed by atoms with van der Waals surface area (Å²) in [4.78, 5) is 6.89. The third kappa shape index (κ3) is 9.84. The van der Waals surface area contributed by atoms with Crippen molar-refractivity contribution in [2.75, 3.05) is 46.9 Å². The van der Waals surface area contributed by atoms with E-state index in [1.54, 1.807) is 7.11 Å². The van der Waals surface area contributed by atoms with Crippen molar-refractivity contribution < 1.29 is 4.74 Å². The number of aliphatic imine (C=N–C) groups is 1. The Morgan fingerprint density at radius 2 is 1.95 bits per heavy atom. The number of hydrogen-bond donors (Lipinski definition) is 2. The lowest BCUT2D eigenvalue weighted by atomic mass is 10.1. The van der Waals surface area contributed by atoms with Crippen LogP contribution in [0.3, 0.4) is 0 Å². The number of rotatable bonds is 9. The lowest BCUT2D eigenvalue weighted by Crippen LogP contribution is -2.48. The first-order valence-corrected chi connectivity index (χ1v) is 8.48. The number of halogens is 1. The van der Waals surface area contributed by atoms with E-state index in [0.29, 0.717) is 6.04 Å². The number of hydrogen-bond acceptors (Lipinski definition) is 3. The molecule has 0 aromatic heterocycles. The monoisotopic (exact) mass is 426 g/mol. The van der Waals surface area contributed by atoms with E-state index in [1.807, 2.05) is 7.05 Å². The minimum Gasteiger partial charge on any atom is -0.385 e. The van der Waals surface area contributed by atoms with Gasteiger partial charge in [-0.3, -0.25) is 4.99 Å². The molecule has 0 amide bonds. The van der Waals surface area contributed by atoms with Crippen molar-refractivity contribution in [2.45, 2.75) is 51.5 Å². The molecule has 2 N–H and O–H groups in total. The summed E-state index contributed by atoms with van der Waals surface area (Å²) in [7, 11) is 3.61. The Bertz CT molecular complexity index is 281. The van der Waals surface area contributed by atoms with Crippen molar-refractivity contribution in [2.24, 2.45) is 4.99 Å². The molecule has 1 heterocycles. The third-order valence-electron chi connectivity index (χ3n) is 4.01. The van der Waals surface area contributed by atoms with Crippen LogP contribution in [0.2, 0.25) is 0 Å². The number of unbranched alkanes of at least 4 members (excludes halogenated alkanes) is 2. The van der Waals surface area contributed by atoms with Gasteiger partial charge in [-0.15, -0.1) is 24.0 Å². The molecule has 0 aliphatic carbocycles. The molecule has 22 heavy (non-hydrogen) atoms. The molecule has 1 fully saturated rings. The van der Waals surface area contributed by atoms with Crippen LogP contribution in [0.15, 0.2) is 4.99 Å². The Labute approximate surface area is 153 Å². The molecule has 0 bridgehead atoms. The van der Waals surface area contributed by atoms with Gasteiger partial charge in [-0.1, -0.05) is 6.92 Å². The summed E-state index contributed by atoms with van der Waals surface area (Å²) in [5, 5.41) is 6.97. The Balaban J connectivity index is 0.00000441. The van der Waals surface area contributed by atoms with Crippen LogP contribution < -0.4 is 10.6 Å². The summed E-state index contributed by atoms with van der Waals surface area (Å²) in [6.45, 7) is 7.75. The van der Waals surface area contributed by atoms with Gasteiger partial charge < -0.3 is 20.3 Å². The molecule has 6 heteroatoms. The van der Waals surface area contributed by atoms with Crippen LogP contribution >= 0.6 is 24.0 Å². The SMILES string of the molecule is CCCN1CCC(NC(=NC)NCCCCCOC)CC1.I. The average Bonchev–Trinajstić information content (AvgIpc) is 2.51. The molecule has 0 aromatic carbocycles. The lowest BCUT2D eigenvalue weighted by molar-refractivity contribution is 0.192. The first kappa shape index (κ1) is 21.9. The van der Waals surface area contributed by atoms with Crippen molar-refractivity contribution in [3.8, 4) is 0 Å². The fraction of sp³-hybridized carbons (Fsp3) is 0.938. The fourth-order valence-corrected chi connectivity index (χ4v) is 2.76. The van der Waals surface area contributed by atoms with Crippen LogP contribution in [0.1, 0.15) is 45.4 Å². The van der Waals surface area contributed by atoms with Gasteiger partial charge in [0.1, 0.15) is 0 Å². The number of methoxy groups -OCH3 is 1. The quantitative estimate of drug-likeness (QED) is 0.258. The molecule has 1 aliphatic rings. The first-order chi connectivity index (χ1) is 10.3. The molecule has 0 aromatic rings. The second-order valence-electron chi connectivity index (χ2n) is 5.81. The van der Waals surface area contributed by atoms with E-state index in [2.05, 4.69) is 27.4 Å². The zero-order valence-electron chi connectivity index (χ0n) is 14.6. The van der Waals surface area contributed by atoms with Crippen molar-refractivity contribution in [1.82, 2.24) is 15.5 Å². The van der Waals surface area contributed by atoms with E-state index in [1.165, 1.54) is 51.7 Å². The second kappa shape index (κ2) is 14.5. The van der Waals surface area contributed by atoms with Crippen molar-refractivity contribution >= 4 is 29.9 Å². The second-order valence-corrected chi connectivity index (χ2v) is 5.81. The van der Waals surface area contributed by atoms with E-state index in [0.717, 1.165) is 25.5 Å². The number of guanidine groups is 1. The zero-order chi connectivity index (χ0) is 15.3. The van der Waals surface area contributed by atoms with Gasteiger partial charge in [0.15, 0.2) is 5.96 Å². The van der Waals surface area contributed by atoms with Crippen molar-refractivity contribution in [3.63, 3.8) is 0 Å². The summed E-state index contributed by atoms with van der Waals surface area (Å²) >= 11 is 0. The standard InChI is InChI=1S/C16H34N4O.HI/c1-4-11-20-12-8-15(9-13-20)19-16(17-2)18-10-6-5-7-14-21-3;/h15H,4-14H2,1-3H3,(H2,17,18,19);1H. The van der Waals surface area contributed by atoms with E-state index in [4.69, 9.17) is 4.74 Å². The molecule has 1 saturated heterocycles. The molecule has 0 unspecified atom stereocenters. The van der Waals surface area contributed by atoms with E-state index < -0.39 is 0 Å². The number of nitrogens with zero attached hydrogens (tertiary/aromatic N) is 2. The van der Waals surface area contributed by atoms with Crippen molar-refractivity contribution in [1.29, 1.82) is 0 Å². The van der Waals surface area contributed by atoms with Gasteiger partial charge in [-0.2, -0.15) is 0 Å². The predicted molar refractivity (Wildman–Crippen MR) is 105 cm³/mol.